The zero-order valence-electron chi connectivity index (χ0n) is 18.7. The monoisotopic (exact) mass is 432 g/mol. The van der Waals surface area contributed by atoms with E-state index in [9.17, 15) is 4.79 Å². The van der Waals surface area contributed by atoms with Crippen molar-refractivity contribution in [3.05, 3.63) is 60.2 Å². The van der Waals surface area contributed by atoms with Crippen molar-refractivity contribution in [3.8, 4) is 22.8 Å². The van der Waals surface area contributed by atoms with E-state index in [1.54, 1.807) is 25.3 Å². The predicted molar refractivity (Wildman–Crippen MR) is 126 cm³/mol. The molecule has 0 unspecified atom stereocenters. The second kappa shape index (κ2) is 9.68. The van der Waals surface area contributed by atoms with E-state index in [2.05, 4.69) is 27.3 Å². The van der Waals surface area contributed by atoms with Crippen molar-refractivity contribution in [2.24, 2.45) is 5.92 Å². The van der Waals surface area contributed by atoms with Gasteiger partial charge in [0, 0.05) is 30.4 Å². The molecule has 1 aromatic heterocycles. The third-order valence-corrected chi connectivity index (χ3v) is 5.83. The van der Waals surface area contributed by atoms with Gasteiger partial charge in [-0.05, 0) is 55.2 Å². The molecule has 166 valence electrons. The minimum Gasteiger partial charge on any atom is -0.497 e. The number of nitrogens with zero attached hydrogens (tertiary/aromatic N) is 3. The fraction of sp³-hybridized carbons (Fsp3) is 0.320. The molecule has 0 spiro atoms. The fourth-order valence-electron chi connectivity index (χ4n) is 3.83. The third kappa shape index (κ3) is 4.82. The van der Waals surface area contributed by atoms with E-state index < -0.39 is 0 Å². The Labute approximate surface area is 188 Å². The lowest BCUT2D eigenvalue weighted by Gasteiger charge is -2.30. The first-order valence-corrected chi connectivity index (χ1v) is 10.8. The minimum absolute atomic E-state index is 0.262. The molecule has 0 bridgehead atoms. The Kier molecular flexibility index (Phi) is 6.54. The normalized spacial score (nSPS) is 14.2. The quantitative estimate of drug-likeness (QED) is 0.611. The van der Waals surface area contributed by atoms with Crippen LogP contribution in [-0.4, -0.2) is 43.4 Å². The van der Waals surface area contributed by atoms with Gasteiger partial charge in [-0.1, -0.05) is 19.1 Å². The van der Waals surface area contributed by atoms with E-state index in [1.165, 1.54) is 20.0 Å². The average molecular weight is 433 g/mol. The van der Waals surface area contributed by atoms with Crippen molar-refractivity contribution in [2.45, 2.75) is 19.8 Å². The topological polar surface area (TPSA) is 76.6 Å². The molecule has 1 aliphatic rings. The van der Waals surface area contributed by atoms with E-state index in [4.69, 9.17) is 9.47 Å². The number of rotatable bonds is 6. The number of anilines is 2. The Bertz CT molecular complexity index is 1080. The zero-order valence-corrected chi connectivity index (χ0v) is 18.7. The number of hydrogen-bond acceptors (Lipinski definition) is 6. The first-order chi connectivity index (χ1) is 15.6. The number of aromatic nitrogens is 2. The summed E-state index contributed by atoms with van der Waals surface area (Å²) in [4.78, 5) is 15.1. The first kappa shape index (κ1) is 21.6. The van der Waals surface area contributed by atoms with Crippen molar-refractivity contribution in [2.75, 3.05) is 37.5 Å². The molecule has 2 heterocycles. The van der Waals surface area contributed by atoms with Crippen LogP contribution < -0.4 is 19.7 Å². The van der Waals surface area contributed by atoms with Crippen LogP contribution in [0.2, 0.25) is 0 Å². The van der Waals surface area contributed by atoms with Crippen LogP contribution in [0.3, 0.4) is 0 Å². The van der Waals surface area contributed by atoms with Gasteiger partial charge in [0.2, 0.25) is 0 Å². The molecule has 7 heteroatoms. The highest BCUT2D eigenvalue weighted by molar-refractivity contribution is 6.06. The van der Waals surface area contributed by atoms with Crippen molar-refractivity contribution in [1.29, 1.82) is 0 Å². The highest BCUT2D eigenvalue weighted by Crippen LogP contribution is 2.27. The zero-order chi connectivity index (χ0) is 22.5. The number of piperidine rings is 1. The molecule has 1 amide bonds. The van der Waals surface area contributed by atoms with Crippen LogP contribution in [0.5, 0.6) is 11.5 Å². The number of carbonyl (C=O) groups excluding carboxylic acids is 1. The molecule has 0 atom stereocenters. The summed E-state index contributed by atoms with van der Waals surface area (Å²) in [5.74, 6) is 2.50. The van der Waals surface area contributed by atoms with Gasteiger partial charge < -0.3 is 19.7 Å². The second-order valence-electron chi connectivity index (χ2n) is 8.05. The van der Waals surface area contributed by atoms with Gasteiger partial charge in [-0.15, -0.1) is 10.2 Å². The van der Waals surface area contributed by atoms with Gasteiger partial charge >= 0.3 is 0 Å². The Morgan fingerprint density at radius 1 is 1.00 bits per heavy atom. The average Bonchev–Trinajstić information content (AvgIpc) is 2.84. The molecular weight excluding hydrogens is 404 g/mol. The van der Waals surface area contributed by atoms with Crippen LogP contribution in [0.4, 0.5) is 11.5 Å². The largest absolute Gasteiger partial charge is 0.497 e. The summed E-state index contributed by atoms with van der Waals surface area (Å²) in [6.45, 7) is 4.33. The Balaban J connectivity index is 1.48. The second-order valence-corrected chi connectivity index (χ2v) is 8.05. The third-order valence-electron chi connectivity index (χ3n) is 5.83. The molecule has 7 nitrogen and oxygen atoms in total. The number of benzene rings is 2. The maximum atomic E-state index is 12.8. The molecule has 1 fully saturated rings. The van der Waals surface area contributed by atoms with E-state index >= 15 is 0 Å². The van der Waals surface area contributed by atoms with Gasteiger partial charge in [0.25, 0.3) is 5.91 Å². The lowest BCUT2D eigenvalue weighted by molar-refractivity contribution is 0.102. The summed E-state index contributed by atoms with van der Waals surface area (Å²) < 4.78 is 10.5. The molecule has 1 aliphatic heterocycles. The molecule has 0 aliphatic carbocycles. The number of nitrogens with one attached hydrogen (secondary N) is 1. The Morgan fingerprint density at radius 2 is 1.81 bits per heavy atom. The maximum Gasteiger partial charge on any atom is 0.259 e. The molecule has 1 saturated heterocycles. The van der Waals surface area contributed by atoms with Gasteiger partial charge in [0.05, 0.1) is 25.5 Å². The summed E-state index contributed by atoms with van der Waals surface area (Å²) in [7, 11) is 3.10. The molecule has 3 aromatic rings. The van der Waals surface area contributed by atoms with Crippen molar-refractivity contribution >= 4 is 17.4 Å². The number of ether oxygens (including phenoxy) is 2. The van der Waals surface area contributed by atoms with Crippen molar-refractivity contribution < 1.29 is 14.3 Å². The van der Waals surface area contributed by atoms with Gasteiger partial charge in [0.1, 0.15) is 11.5 Å². The lowest BCUT2D eigenvalue weighted by Crippen LogP contribution is -2.33. The van der Waals surface area contributed by atoms with Gasteiger partial charge in [-0.25, -0.2) is 0 Å². The van der Waals surface area contributed by atoms with E-state index in [-0.39, 0.29) is 5.91 Å². The van der Waals surface area contributed by atoms with Crippen molar-refractivity contribution in [3.63, 3.8) is 0 Å². The maximum absolute atomic E-state index is 12.8. The lowest BCUT2D eigenvalue weighted by atomic mass is 9.99. The van der Waals surface area contributed by atoms with Crippen LogP contribution in [0, 0.1) is 5.92 Å². The Hall–Kier alpha value is -3.61. The molecule has 2 aromatic carbocycles. The van der Waals surface area contributed by atoms with Crippen molar-refractivity contribution in [1.82, 2.24) is 10.2 Å². The van der Waals surface area contributed by atoms with Gasteiger partial charge in [0.15, 0.2) is 5.82 Å². The molecule has 0 radical (unpaired) electrons. The Morgan fingerprint density at radius 3 is 2.50 bits per heavy atom. The minimum atomic E-state index is -0.262. The SMILES string of the molecule is COc1ccc(C(=O)Nc2cccc(-c3ccc(N4CCC(C)CC4)nn3)c2)c(OC)c1. The number of amides is 1. The number of hydrogen-bond donors (Lipinski definition) is 1. The molecular formula is C25H28N4O3. The molecule has 0 saturated carbocycles. The van der Waals surface area contributed by atoms with E-state index in [0.717, 1.165) is 36.1 Å². The first-order valence-electron chi connectivity index (χ1n) is 10.8. The summed E-state index contributed by atoms with van der Waals surface area (Å²) in [5, 5.41) is 11.8. The smallest absolute Gasteiger partial charge is 0.259 e. The molecule has 32 heavy (non-hydrogen) atoms. The summed E-state index contributed by atoms with van der Waals surface area (Å²) in [6.07, 6.45) is 2.37. The van der Waals surface area contributed by atoms with E-state index in [0.29, 0.717) is 22.7 Å². The number of methoxy groups -OCH3 is 2. The van der Waals surface area contributed by atoms with Crippen LogP contribution >= 0.6 is 0 Å². The van der Waals surface area contributed by atoms with Crippen LogP contribution in [0.1, 0.15) is 30.1 Å². The molecule has 1 N–H and O–H groups in total. The number of carbonyl (C=O) groups is 1. The predicted octanol–water partition coefficient (Wildman–Crippen LogP) is 4.65. The standard InChI is InChI=1S/C25H28N4O3/c1-17-11-13-29(14-12-17)24-10-9-22(27-28-24)18-5-4-6-19(15-18)26-25(30)21-8-7-20(31-2)16-23(21)32-3/h4-10,15-17H,11-14H2,1-3H3,(H,26,30). The highest BCUT2D eigenvalue weighted by Gasteiger charge is 2.18. The van der Waals surface area contributed by atoms with E-state index in [1.807, 2.05) is 36.4 Å². The summed E-state index contributed by atoms with van der Waals surface area (Å²) in [6, 6.07) is 16.7. The van der Waals surface area contributed by atoms with Gasteiger partial charge in [-0.3, -0.25) is 4.79 Å². The summed E-state index contributed by atoms with van der Waals surface area (Å²) in [5.41, 5.74) is 2.74. The van der Waals surface area contributed by atoms with Gasteiger partial charge in [-0.2, -0.15) is 0 Å². The van der Waals surface area contributed by atoms with Crippen LogP contribution in [0.25, 0.3) is 11.3 Å². The van der Waals surface area contributed by atoms with Crippen LogP contribution in [-0.2, 0) is 0 Å². The highest BCUT2D eigenvalue weighted by atomic mass is 16.5. The van der Waals surface area contributed by atoms with Crippen LogP contribution in [0.15, 0.2) is 54.6 Å². The molecule has 4 rings (SSSR count). The summed E-state index contributed by atoms with van der Waals surface area (Å²) >= 11 is 0. The fourth-order valence-corrected chi connectivity index (χ4v) is 3.83.